The van der Waals surface area contributed by atoms with E-state index in [0.717, 1.165) is 17.0 Å². The van der Waals surface area contributed by atoms with E-state index in [-0.39, 0.29) is 0 Å². The van der Waals surface area contributed by atoms with Crippen LogP contribution in [0.3, 0.4) is 0 Å². The molecule has 1 aromatic carbocycles. The maximum absolute atomic E-state index is 5.75. The minimum atomic E-state index is 0.763. The van der Waals surface area contributed by atoms with E-state index in [1.807, 2.05) is 24.3 Å². The van der Waals surface area contributed by atoms with Crippen molar-refractivity contribution in [2.45, 2.75) is 26.2 Å². The van der Waals surface area contributed by atoms with Crippen LogP contribution in [0.25, 0.3) is 0 Å². The third-order valence-electron chi connectivity index (χ3n) is 1.73. The van der Waals surface area contributed by atoms with Crippen LogP contribution < -0.4 is 0 Å². The molecule has 0 fully saturated rings. The van der Waals surface area contributed by atoms with E-state index in [2.05, 4.69) is 18.8 Å². The zero-order valence-electron chi connectivity index (χ0n) is 7.81. The number of hydrogen-bond acceptors (Lipinski definition) is 0. The fourth-order valence-corrected chi connectivity index (χ4v) is 1.09. The average Bonchev–Trinajstić information content (AvgIpc) is 2.15. The van der Waals surface area contributed by atoms with Crippen molar-refractivity contribution in [1.82, 2.24) is 0 Å². The molecule has 1 rings (SSSR count). The summed E-state index contributed by atoms with van der Waals surface area (Å²) in [5.74, 6) is 6.23. The molecule has 0 spiro atoms. The van der Waals surface area contributed by atoms with Crippen LogP contribution in [0.5, 0.6) is 0 Å². The zero-order valence-corrected chi connectivity index (χ0v) is 8.56. The van der Waals surface area contributed by atoms with Gasteiger partial charge < -0.3 is 0 Å². The second-order valence-electron chi connectivity index (χ2n) is 2.91. The second kappa shape index (κ2) is 5.67. The Morgan fingerprint density at radius 3 is 2.54 bits per heavy atom. The maximum Gasteiger partial charge on any atom is 0.0406 e. The van der Waals surface area contributed by atoms with E-state index in [1.165, 1.54) is 12.8 Å². The summed E-state index contributed by atoms with van der Waals surface area (Å²) >= 11 is 5.75. The van der Waals surface area contributed by atoms with Crippen LogP contribution in [0.1, 0.15) is 31.7 Å². The highest BCUT2D eigenvalue weighted by Gasteiger charge is 1.86. The van der Waals surface area contributed by atoms with Crippen LogP contribution in [-0.2, 0) is 0 Å². The topological polar surface area (TPSA) is 0 Å². The lowest BCUT2D eigenvalue weighted by atomic mass is 10.2. The summed E-state index contributed by atoms with van der Waals surface area (Å²) in [6.45, 7) is 2.17. The number of rotatable bonds is 2. The zero-order chi connectivity index (χ0) is 9.52. The van der Waals surface area contributed by atoms with Crippen molar-refractivity contribution in [3.63, 3.8) is 0 Å². The standard InChI is InChI=1S/C12H13Cl/c1-2-3-4-5-6-11-7-9-12(13)10-8-11/h7-10H,2-4H2,1H3. The Balaban J connectivity index is 2.52. The molecule has 0 aliphatic carbocycles. The lowest BCUT2D eigenvalue weighted by Gasteiger charge is -1.90. The summed E-state index contributed by atoms with van der Waals surface area (Å²) in [5.41, 5.74) is 1.04. The van der Waals surface area contributed by atoms with Gasteiger partial charge in [0.2, 0.25) is 0 Å². The van der Waals surface area contributed by atoms with Crippen molar-refractivity contribution in [1.29, 1.82) is 0 Å². The summed E-state index contributed by atoms with van der Waals surface area (Å²) in [7, 11) is 0. The molecule has 0 aromatic heterocycles. The summed E-state index contributed by atoms with van der Waals surface area (Å²) in [6, 6.07) is 7.62. The van der Waals surface area contributed by atoms with Crippen LogP contribution in [-0.4, -0.2) is 0 Å². The van der Waals surface area contributed by atoms with Gasteiger partial charge in [-0.05, 0) is 30.7 Å². The molecule has 0 heterocycles. The first kappa shape index (κ1) is 10.2. The molecular formula is C12H13Cl. The number of benzene rings is 1. The third kappa shape index (κ3) is 4.01. The molecule has 1 heteroatoms. The van der Waals surface area contributed by atoms with E-state index in [0.29, 0.717) is 0 Å². The summed E-state index contributed by atoms with van der Waals surface area (Å²) in [5, 5.41) is 0.763. The Kier molecular flexibility index (Phi) is 4.43. The Bertz CT molecular complexity index is 300. The van der Waals surface area contributed by atoms with Gasteiger partial charge in [-0.3, -0.25) is 0 Å². The molecule has 0 amide bonds. The normalized spacial score (nSPS) is 9.08. The lowest BCUT2D eigenvalue weighted by molar-refractivity contribution is 0.828. The molecule has 0 nitrogen and oxygen atoms in total. The van der Waals surface area contributed by atoms with Gasteiger partial charge in [0.1, 0.15) is 0 Å². The molecule has 0 aliphatic rings. The van der Waals surface area contributed by atoms with E-state index < -0.39 is 0 Å². The van der Waals surface area contributed by atoms with Gasteiger partial charge >= 0.3 is 0 Å². The Labute approximate surface area is 84.9 Å². The Morgan fingerprint density at radius 2 is 1.92 bits per heavy atom. The molecule has 0 atom stereocenters. The van der Waals surface area contributed by atoms with Gasteiger partial charge in [0.15, 0.2) is 0 Å². The summed E-state index contributed by atoms with van der Waals surface area (Å²) < 4.78 is 0. The number of unbranched alkanes of at least 4 members (excludes halogenated alkanes) is 2. The predicted octanol–water partition coefficient (Wildman–Crippen LogP) is 3.88. The first-order chi connectivity index (χ1) is 6.33. The maximum atomic E-state index is 5.75. The highest BCUT2D eigenvalue weighted by atomic mass is 35.5. The van der Waals surface area contributed by atoms with Crippen LogP contribution in [0, 0.1) is 11.8 Å². The van der Waals surface area contributed by atoms with Crippen LogP contribution in [0.4, 0.5) is 0 Å². The van der Waals surface area contributed by atoms with Gasteiger partial charge in [0.05, 0.1) is 0 Å². The minimum Gasteiger partial charge on any atom is -0.0979 e. The Morgan fingerprint density at radius 1 is 1.23 bits per heavy atom. The molecule has 13 heavy (non-hydrogen) atoms. The Hall–Kier alpha value is -0.930. The molecule has 0 radical (unpaired) electrons. The SMILES string of the molecule is CCCCC#Cc1ccc(Cl)cc1. The van der Waals surface area contributed by atoms with Crippen molar-refractivity contribution in [2.75, 3.05) is 0 Å². The second-order valence-corrected chi connectivity index (χ2v) is 3.35. The lowest BCUT2D eigenvalue weighted by Crippen LogP contribution is -1.73. The molecule has 0 saturated carbocycles. The van der Waals surface area contributed by atoms with Crippen LogP contribution in [0.15, 0.2) is 24.3 Å². The molecule has 1 aromatic rings. The molecule has 0 bridgehead atoms. The van der Waals surface area contributed by atoms with Crippen LogP contribution in [0.2, 0.25) is 5.02 Å². The van der Waals surface area contributed by atoms with Gasteiger partial charge in [0.25, 0.3) is 0 Å². The van der Waals surface area contributed by atoms with Crippen molar-refractivity contribution < 1.29 is 0 Å². The van der Waals surface area contributed by atoms with Gasteiger partial charge in [-0.25, -0.2) is 0 Å². The minimum absolute atomic E-state index is 0.763. The molecule has 0 aliphatic heterocycles. The molecule has 0 unspecified atom stereocenters. The fourth-order valence-electron chi connectivity index (χ4n) is 0.963. The average molecular weight is 193 g/mol. The number of halogens is 1. The van der Waals surface area contributed by atoms with Gasteiger partial charge in [-0.2, -0.15) is 0 Å². The molecular weight excluding hydrogens is 180 g/mol. The van der Waals surface area contributed by atoms with Crippen molar-refractivity contribution in [3.8, 4) is 11.8 Å². The van der Waals surface area contributed by atoms with E-state index in [9.17, 15) is 0 Å². The van der Waals surface area contributed by atoms with Gasteiger partial charge in [-0.15, -0.1) is 0 Å². The van der Waals surface area contributed by atoms with Gasteiger partial charge in [0, 0.05) is 17.0 Å². The summed E-state index contributed by atoms with van der Waals surface area (Å²) in [6.07, 6.45) is 3.37. The largest absolute Gasteiger partial charge is 0.0979 e. The molecule has 0 saturated heterocycles. The van der Waals surface area contributed by atoms with Crippen molar-refractivity contribution in [3.05, 3.63) is 34.9 Å². The quantitative estimate of drug-likeness (QED) is 0.493. The first-order valence-corrected chi connectivity index (χ1v) is 4.95. The van der Waals surface area contributed by atoms with Gasteiger partial charge in [-0.1, -0.05) is 36.8 Å². The smallest absolute Gasteiger partial charge is 0.0406 e. The van der Waals surface area contributed by atoms with E-state index >= 15 is 0 Å². The predicted molar refractivity (Wildman–Crippen MR) is 57.9 cm³/mol. The summed E-state index contributed by atoms with van der Waals surface area (Å²) in [4.78, 5) is 0. The van der Waals surface area contributed by atoms with Crippen molar-refractivity contribution >= 4 is 11.6 Å². The third-order valence-corrected chi connectivity index (χ3v) is 1.98. The van der Waals surface area contributed by atoms with Crippen LogP contribution >= 0.6 is 11.6 Å². The fraction of sp³-hybridized carbons (Fsp3) is 0.333. The number of hydrogen-bond donors (Lipinski definition) is 0. The van der Waals surface area contributed by atoms with E-state index in [4.69, 9.17) is 11.6 Å². The molecule has 68 valence electrons. The highest BCUT2D eigenvalue weighted by Crippen LogP contribution is 2.08. The monoisotopic (exact) mass is 192 g/mol. The highest BCUT2D eigenvalue weighted by molar-refractivity contribution is 6.30. The van der Waals surface area contributed by atoms with E-state index in [1.54, 1.807) is 0 Å². The molecule has 0 N–H and O–H groups in total. The first-order valence-electron chi connectivity index (χ1n) is 4.57. The van der Waals surface area contributed by atoms with Crippen molar-refractivity contribution in [2.24, 2.45) is 0 Å².